The number of unbranched alkanes of at least 4 members (excludes halogenated alkanes) is 9. The van der Waals surface area contributed by atoms with Gasteiger partial charge in [-0.05, 0) is 51.4 Å². The molecule has 0 saturated heterocycles. The molecule has 0 aromatic heterocycles. The highest BCUT2D eigenvalue weighted by molar-refractivity contribution is 5.96. The highest BCUT2D eigenvalue weighted by Gasteiger charge is 2.33. The summed E-state index contributed by atoms with van der Waals surface area (Å²) in [5, 5.41) is 65.4. The first-order valence-electron chi connectivity index (χ1n) is 20.7. The fraction of sp³-hybridized carbons (Fsp3) is 0.667. The van der Waals surface area contributed by atoms with Crippen molar-refractivity contribution >= 4 is 66.5 Å². The second kappa shape index (κ2) is 33.9. The molecular weight excluding hydrogens is 838 g/mol. The van der Waals surface area contributed by atoms with Gasteiger partial charge in [-0.2, -0.15) is 15.2 Å². The molecule has 0 radical (unpaired) electrons. The number of carbonyl (C=O) groups excluding carboxylic acids is 10. The minimum absolute atomic E-state index is 0.231. The van der Waals surface area contributed by atoms with Crippen LogP contribution in [0.1, 0.15) is 129 Å². The van der Waals surface area contributed by atoms with Crippen molar-refractivity contribution in [3.63, 3.8) is 0 Å². The van der Waals surface area contributed by atoms with Crippen LogP contribution >= 0.6 is 0 Å². The first kappa shape index (κ1) is 57.3. The van der Waals surface area contributed by atoms with Crippen LogP contribution in [-0.4, -0.2) is 150 Å². The van der Waals surface area contributed by atoms with Crippen LogP contribution in [0.3, 0.4) is 0 Å². The highest BCUT2D eigenvalue weighted by atomic mass is 16.5. The van der Waals surface area contributed by atoms with E-state index in [1.54, 1.807) is 0 Å². The van der Waals surface area contributed by atoms with Gasteiger partial charge in [0, 0.05) is 19.3 Å². The predicted molar refractivity (Wildman–Crippen MR) is 215 cm³/mol. The van der Waals surface area contributed by atoms with Gasteiger partial charge in [0.25, 0.3) is 17.7 Å². The number of hydroxylamine groups is 6. The highest BCUT2D eigenvalue weighted by Crippen LogP contribution is 2.12. The molecule has 0 saturated carbocycles. The second-order valence-electron chi connectivity index (χ2n) is 14.5. The van der Waals surface area contributed by atoms with Crippen LogP contribution < -0.4 is 21.3 Å². The molecule has 24 heteroatoms. The summed E-state index contributed by atoms with van der Waals surface area (Å²) in [5.41, 5.74) is 0. The number of carbonyl (C=O) groups is 11. The third kappa shape index (κ3) is 25.8. The monoisotopic (exact) mass is 901 g/mol. The van der Waals surface area contributed by atoms with E-state index in [9.17, 15) is 78.5 Å². The first-order valence-corrected chi connectivity index (χ1v) is 20.7. The zero-order chi connectivity index (χ0) is 47.7. The summed E-state index contributed by atoms with van der Waals surface area (Å²) in [5.74, 6) is -10.2. The van der Waals surface area contributed by atoms with E-state index < -0.39 is 129 Å². The number of amides is 10. The Labute approximate surface area is 364 Å². The summed E-state index contributed by atoms with van der Waals surface area (Å²) >= 11 is 0. The third-order valence-electron chi connectivity index (χ3n) is 9.44. The molecule has 356 valence electrons. The summed E-state index contributed by atoms with van der Waals surface area (Å²) < 4.78 is 0. The lowest BCUT2D eigenvalue weighted by Crippen LogP contribution is -2.58. The van der Waals surface area contributed by atoms with E-state index in [1.165, 1.54) is 32.1 Å². The number of nitrogens with one attached hydrogen (secondary N) is 4. The fourth-order valence-electron chi connectivity index (χ4n) is 5.80. The number of carboxylic acids is 1. The summed E-state index contributed by atoms with van der Waals surface area (Å²) in [6.45, 7) is 0.982. The molecule has 0 spiro atoms. The van der Waals surface area contributed by atoms with Gasteiger partial charge < -0.3 is 36.6 Å². The van der Waals surface area contributed by atoms with Crippen molar-refractivity contribution in [2.45, 2.75) is 159 Å². The van der Waals surface area contributed by atoms with Crippen LogP contribution in [0.2, 0.25) is 0 Å². The Bertz CT molecular complexity index is 1530. The molecule has 0 aromatic rings. The number of aliphatic hydroxyl groups excluding tert-OH is 2. The van der Waals surface area contributed by atoms with Crippen LogP contribution in [-0.2, 0) is 52.7 Å². The maximum absolute atomic E-state index is 13.6. The molecule has 0 aliphatic carbocycles. The molecule has 0 bridgehead atoms. The number of aliphatic carboxylic acids is 1. The van der Waals surface area contributed by atoms with Gasteiger partial charge in [-0.25, -0.2) is 4.79 Å². The van der Waals surface area contributed by atoms with E-state index in [0.717, 1.165) is 32.1 Å². The fourth-order valence-corrected chi connectivity index (χ4v) is 5.80. The van der Waals surface area contributed by atoms with Gasteiger partial charge in [-0.1, -0.05) is 64.0 Å². The van der Waals surface area contributed by atoms with Crippen molar-refractivity contribution in [1.29, 1.82) is 0 Å². The lowest BCUT2D eigenvalue weighted by Gasteiger charge is -2.26. The summed E-state index contributed by atoms with van der Waals surface area (Å²) in [6.07, 6.45) is 9.17. The largest absolute Gasteiger partial charge is 0.480 e. The number of allylic oxidation sites excluding steroid dienone is 2. The van der Waals surface area contributed by atoms with E-state index in [1.807, 2.05) is 10.6 Å². The molecule has 10 amide bonds. The molecule has 0 aliphatic heterocycles. The number of rotatable bonds is 36. The Morgan fingerprint density at radius 1 is 0.524 bits per heavy atom. The molecule has 10 N–H and O–H groups in total. The average Bonchev–Trinajstić information content (AvgIpc) is 3.26. The zero-order valence-corrected chi connectivity index (χ0v) is 35.4. The second-order valence-corrected chi connectivity index (χ2v) is 14.5. The smallest absolute Gasteiger partial charge is 0.326 e. The molecule has 0 aromatic carbocycles. The van der Waals surface area contributed by atoms with Crippen LogP contribution in [0.5, 0.6) is 0 Å². The topological polar surface area (TPSA) is 367 Å². The quantitative estimate of drug-likeness (QED) is 0.0124. The lowest BCUT2D eigenvalue weighted by molar-refractivity contribution is -0.171. The van der Waals surface area contributed by atoms with Crippen molar-refractivity contribution in [3.05, 3.63) is 12.2 Å². The van der Waals surface area contributed by atoms with Crippen molar-refractivity contribution in [1.82, 2.24) is 36.5 Å². The van der Waals surface area contributed by atoms with E-state index in [-0.39, 0.29) is 40.8 Å². The Balaban J connectivity index is 5.83. The van der Waals surface area contributed by atoms with Crippen molar-refractivity contribution in [2.75, 3.05) is 6.61 Å². The number of hydrogen-bond donors (Lipinski definition) is 10. The van der Waals surface area contributed by atoms with Crippen LogP contribution in [0, 0.1) is 0 Å². The van der Waals surface area contributed by atoms with Gasteiger partial charge in [0.2, 0.25) is 42.9 Å². The number of nitrogens with zero attached hydrogens (tertiary/aromatic N) is 3. The zero-order valence-electron chi connectivity index (χ0n) is 35.4. The molecule has 24 nitrogen and oxygen atoms in total. The molecular formula is C39H63N7O17. The molecule has 0 rings (SSSR count). The normalized spacial score (nSPS) is 13.3. The predicted octanol–water partition coefficient (Wildman–Crippen LogP) is -0.526. The molecule has 5 atom stereocenters. The van der Waals surface area contributed by atoms with Gasteiger partial charge in [0.15, 0.2) is 0 Å². The Hall–Kier alpha value is -5.69. The average molecular weight is 902 g/mol. The van der Waals surface area contributed by atoms with E-state index in [4.69, 9.17) is 5.21 Å². The van der Waals surface area contributed by atoms with Gasteiger partial charge in [-0.3, -0.25) is 63.6 Å². The Morgan fingerprint density at radius 2 is 0.905 bits per heavy atom. The molecule has 0 fully saturated rings. The molecule has 0 heterocycles. The van der Waals surface area contributed by atoms with Gasteiger partial charge in [-0.15, -0.1) is 0 Å². The van der Waals surface area contributed by atoms with E-state index >= 15 is 0 Å². The summed E-state index contributed by atoms with van der Waals surface area (Å²) in [7, 11) is 0. The maximum atomic E-state index is 13.6. The standard InChI is InChI=1S/C39H63N7O17/c1-2-3-4-5-6-7-8-9-10-11-12-13-14-15-27(51)22-32(52)40-28(16-19-33(53)44(61)24-48)36(56)41-29(17-20-34(54)45(62)25-49)37(57)43-31(23-47)38(58)42-30(39(59)60)18-21-35(55)46(63)26-50/h9-10,24-31,47,51,61-63H,2-8,11-23H2,1H3,(H,40,52)(H,41,56)(H,42,58)(H,43,57)(H,59,60)/b10-9-/t27?,28-,29-,30-,31-/m0/s1. The maximum Gasteiger partial charge on any atom is 0.326 e. The molecule has 1 unspecified atom stereocenters. The van der Waals surface area contributed by atoms with Gasteiger partial charge in [0.1, 0.15) is 24.2 Å². The van der Waals surface area contributed by atoms with Gasteiger partial charge >= 0.3 is 5.97 Å². The lowest BCUT2D eigenvalue weighted by atomic mass is 10.0. The number of imide groups is 3. The van der Waals surface area contributed by atoms with Crippen LogP contribution in [0.25, 0.3) is 0 Å². The number of carboxylic acid groups (broad SMARTS) is 1. The van der Waals surface area contributed by atoms with Crippen LogP contribution in [0.15, 0.2) is 12.2 Å². The molecule has 0 aliphatic rings. The summed E-state index contributed by atoms with van der Waals surface area (Å²) in [6, 6.07) is -7.41. The van der Waals surface area contributed by atoms with Crippen molar-refractivity contribution in [3.8, 4) is 0 Å². The Kier molecular flexibility index (Phi) is 30.8. The summed E-state index contributed by atoms with van der Waals surface area (Å²) in [4.78, 5) is 133. The third-order valence-corrected chi connectivity index (χ3v) is 9.44. The van der Waals surface area contributed by atoms with Gasteiger partial charge in [0.05, 0.1) is 19.1 Å². The first-order chi connectivity index (χ1) is 29.9. The molecule has 63 heavy (non-hydrogen) atoms. The number of aliphatic hydroxyl groups is 2. The van der Waals surface area contributed by atoms with E-state index in [0.29, 0.717) is 6.42 Å². The SMILES string of the molecule is CCCCCCCC/C=C\CCCCCC(O)CC(=O)N[C@@H](CCC(=O)N(O)C=O)C(=O)N[C@@H](CCC(=O)N(O)C=O)C(=O)N[C@@H](CO)C(=O)N[C@@H](CCC(=O)N(O)C=O)C(=O)O. The minimum Gasteiger partial charge on any atom is -0.480 e. The van der Waals surface area contributed by atoms with Crippen LogP contribution in [0.4, 0.5) is 0 Å². The van der Waals surface area contributed by atoms with E-state index in [2.05, 4.69) is 29.7 Å². The number of hydrogen-bond acceptors (Lipinski definition) is 16. The van der Waals surface area contributed by atoms with Crippen molar-refractivity contribution in [2.24, 2.45) is 0 Å². The minimum atomic E-state index is -1.96. The Morgan fingerprint density at radius 3 is 1.35 bits per heavy atom. The van der Waals surface area contributed by atoms with Crippen molar-refractivity contribution < 1.29 is 83.7 Å².